The van der Waals surface area contributed by atoms with Crippen LogP contribution in [0, 0.1) is 0 Å². The number of rotatable bonds is 8. The van der Waals surface area contributed by atoms with Crippen LogP contribution in [-0.2, 0) is 16.6 Å². The van der Waals surface area contributed by atoms with Gasteiger partial charge in [0.25, 0.3) is 10.0 Å². The summed E-state index contributed by atoms with van der Waals surface area (Å²) < 4.78 is 29.8. The van der Waals surface area contributed by atoms with E-state index in [4.69, 9.17) is 12.2 Å². The molecule has 2 aromatic heterocycles. The van der Waals surface area contributed by atoms with Crippen molar-refractivity contribution in [1.82, 2.24) is 25.1 Å². The minimum absolute atomic E-state index is 0.0162. The van der Waals surface area contributed by atoms with E-state index in [1.165, 1.54) is 24.5 Å². The summed E-state index contributed by atoms with van der Waals surface area (Å²) in [5.41, 5.74) is 0.674. The summed E-state index contributed by atoms with van der Waals surface area (Å²) in [7, 11) is -3.76. The molecule has 0 atom stereocenters. The van der Waals surface area contributed by atoms with Gasteiger partial charge >= 0.3 is 0 Å². The molecule has 0 fully saturated rings. The molecule has 9 nitrogen and oxygen atoms in total. The lowest BCUT2D eigenvalue weighted by Gasteiger charge is -2.11. The van der Waals surface area contributed by atoms with Crippen molar-refractivity contribution in [3.05, 3.63) is 59.6 Å². The van der Waals surface area contributed by atoms with Gasteiger partial charge < -0.3 is 10.6 Å². The number of hydrogen-bond acceptors (Lipinski definition) is 6. The predicted octanol–water partition coefficient (Wildman–Crippen LogP) is 2.61. The van der Waals surface area contributed by atoms with E-state index in [0.717, 1.165) is 17.4 Å². The Bertz CT molecular complexity index is 1060. The fourth-order valence-electron chi connectivity index (χ4n) is 2.33. The standard InChI is InChI=1S/C17H18BrN7O2S2/c18-13-11-22-25(12-13)10-2-9-21-17(28)23-14-3-5-15(6-4-14)29(26,27)24-16-19-7-1-8-20-16/h1,3-8,11-12H,2,9-10H2,(H,19,20,24)(H2,21,23,28). The highest BCUT2D eigenvalue weighted by molar-refractivity contribution is 9.10. The Kier molecular flexibility index (Phi) is 7.12. The van der Waals surface area contributed by atoms with E-state index in [9.17, 15) is 8.42 Å². The fourth-order valence-corrected chi connectivity index (χ4v) is 3.83. The third-order valence-electron chi connectivity index (χ3n) is 3.67. The van der Waals surface area contributed by atoms with E-state index in [2.05, 4.69) is 46.4 Å². The van der Waals surface area contributed by atoms with Crippen LogP contribution in [0.15, 0.2) is 64.5 Å². The maximum absolute atomic E-state index is 12.4. The van der Waals surface area contributed by atoms with E-state index >= 15 is 0 Å². The largest absolute Gasteiger partial charge is 0.362 e. The van der Waals surface area contributed by atoms with Crippen molar-refractivity contribution in [1.29, 1.82) is 0 Å². The summed E-state index contributed by atoms with van der Waals surface area (Å²) in [6, 6.07) is 7.83. The van der Waals surface area contributed by atoms with Crippen molar-refractivity contribution in [3.8, 4) is 0 Å². The first kappa shape index (κ1) is 21.1. The molecular weight excluding hydrogens is 478 g/mol. The third kappa shape index (κ3) is 6.48. The molecule has 12 heteroatoms. The van der Waals surface area contributed by atoms with Crippen molar-refractivity contribution >= 4 is 54.9 Å². The zero-order chi connectivity index (χ0) is 20.7. The van der Waals surface area contributed by atoms with Crippen LogP contribution in [0.5, 0.6) is 0 Å². The van der Waals surface area contributed by atoms with Crippen LogP contribution in [0.2, 0.25) is 0 Å². The van der Waals surface area contributed by atoms with Gasteiger partial charge in [-0.2, -0.15) is 5.10 Å². The highest BCUT2D eigenvalue weighted by Crippen LogP contribution is 2.16. The van der Waals surface area contributed by atoms with Gasteiger partial charge in [-0.1, -0.05) is 0 Å². The Morgan fingerprint density at radius 1 is 1.17 bits per heavy atom. The minimum atomic E-state index is -3.76. The third-order valence-corrected chi connectivity index (χ3v) is 5.67. The molecule has 3 rings (SSSR count). The summed E-state index contributed by atoms with van der Waals surface area (Å²) >= 11 is 8.62. The normalized spacial score (nSPS) is 11.1. The second kappa shape index (κ2) is 9.76. The topological polar surface area (TPSA) is 114 Å². The molecule has 1 aromatic carbocycles. The average Bonchev–Trinajstić information content (AvgIpc) is 3.11. The van der Waals surface area contributed by atoms with E-state index < -0.39 is 10.0 Å². The number of aryl methyl sites for hydroxylation is 1. The molecule has 2 heterocycles. The molecular formula is C17H18BrN7O2S2. The Hall–Kier alpha value is -2.57. The zero-order valence-electron chi connectivity index (χ0n) is 15.1. The van der Waals surface area contributed by atoms with Crippen molar-refractivity contribution in [2.75, 3.05) is 16.6 Å². The van der Waals surface area contributed by atoms with Gasteiger partial charge in [-0.05, 0) is 64.9 Å². The lowest BCUT2D eigenvalue weighted by atomic mass is 10.3. The van der Waals surface area contributed by atoms with E-state index in [-0.39, 0.29) is 10.8 Å². The minimum Gasteiger partial charge on any atom is -0.362 e. The first-order chi connectivity index (χ1) is 13.9. The molecule has 0 amide bonds. The lowest BCUT2D eigenvalue weighted by Crippen LogP contribution is -2.29. The Balaban J connectivity index is 1.47. The second-order valence-electron chi connectivity index (χ2n) is 5.86. The zero-order valence-corrected chi connectivity index (χ0v) is 18.3. The maximum atomic E-state index is 12.4. The van der Waals surface area contributed by atoms with Gasteiger partial charge in [0.15, 0.2) is 5.11 Å². The quantitative estimate of drug-likeness (QED) is 0.322. The smallest absolute Gasteiger partial charge is 0.264 e. The van der Waals surface area contributed by atoms with E-state index in [0.29, 0.717) is 17.3 Å². The Labute approximate surface area is 182 Å². The predicted molar refractivity (Wildman–Crippen MR) is 118 cm³/mol. The van der Waals surface area contributed by atoms with Crippen molar-refractivity contribution in [2.45, 2.75) is 17.9 Å². The van der Waals surface area contributed by atoms with Gasteiger partial charge in [-0.3, -0.25) is 4.68 Å². The second-order valence-corrected chi connectivity index (χ2v) is 8.86. The van der Waals surface area contributed by atoms with Gasteiger partial charge in [0.05, 0.1) is 15.6 Å². The molecule has 3 N–H and O–H groups in total. The SMILES string of the molecule is O=S(=O)(Nc1ncccn1)c1ccc(NC(=S)NCCCn2cc(Br)cn2)cc1. The molecule has 3 aromatic rings. The molecule has 0 saturated heterocycles. The number of hydrogen-bond donors (Lipinski definition) is 3. The summed E-state index contributed by atoms with van der Waals surface area (Å²) in [6.07, 6.45) is 7.41. The number of anilines is 2. The molecule has 0 saturated carbocycles. The van der Waals surface area contributed by atoms with Crippen LogP contribution in [0.1, 0.15) is 6.42 Å². The molecule has 0 radical (unpaired) electrons. The summed E-state index contributed by atoms with van der Waals surface area (Å²) in [5, 5.41) is 10.8. The number of nitrogens with one attached hydrogen (secondary N) is 3. The number of nitrogens with zero attached hydrogens (tertiary/aromatic N) is 4. The number of thiocarbonyl (C=S) groups is 1. The van der Waals surface area contributed by atoms with Crippen LogP contribution >= 0.6 is 28.1 Å². The van der Waals surface area contributed by atoms with Gasteiger partial charge in [-0.25, -0.2) is 23.1 Å². The van der Waals surface area contributed by atoms with Crippen LogP contribution in [0.3, 0.4) is 0 Å². The molecule has 0 aliphatic heterocycles. The fraction of sp³-hybridized carbons (Fsp3) is 0.176. The molecule has 29 heavy (non-hydrogen) atoms. The number of sulfonamides is 1. The van der Waals surface area contributed by atoms with E-state index in [1.807, 2.05) is 10.9 Å². The van der Waals surface area contributed by atoms with Gasteiger partial charge in [0, 0.05) is 37.4 Å². The number of benzene rings is 1. The molecule has 0 aliphatic carbocycles. The van der Waals surface area contributed by atoms with E-state index in [1.54, 1.807) is 24.4 Å². The highest BCUT2D eigenvalue weighted by Gasteiger charge is 2.15. The highest BCUT2D eigenvalue weighted by atomic mass is 79.9. The first-order valence-electron chi connectivity index (χ1n) is 8.55. The molecule has 0 bridgehead atoms. The average molecular weight is 496 g/mol. The van der Waals surface area contributed by atoms with Gasteiger partial charge in [-0.15, -0.1) is 0 Å². The van der Waals surface area contributed by atoms with Crippen LogP contribution in [0.4, 0.5) is 11.6 Å². The summed E-state index contributed by atoms with van der Waals surface area (Å²) in [5.74, 6) is 0.0162. The summed E-state index contributed by atoms with van der Waals surface area (Å²) in [4.78, 5) is 7.81. The maximum Gasteiger partial charge on any atom is 0.264 e. The Morgan fingerprint density at radius 2 is 1.90 bits per heavy atom. The van der Waals surface area contributed by atoms with Gasteiger partial charge in [0.2, 0.25) is 5.95 Å². The molecule has 152 valence electrons. The van der Waals surface area contributed by atoms with Crippen LogP contribution < -0.4 is 15.4 Å². The molecule has 0 aliphatic rings. The van der Waals surface area contributed by atoms with Crippen LogP contribution in [-0.4, -0.2) is 39.8 Å². The monoisotopic (exact) mass is 495 g/mol. The molecule has 0 unspecified atom stereocenters. The van der Waals surface area contributed by atoms with Crippen molar-refractivity contribution < 1.29 is 8.42 Å². The number of aromatic nitrogens is 4. The number of halogens is 1. The van der Waals surface area contributed by atoms with Crippen LogP contribution in [0.25, 0.3) is 0 Å². The molecule has 0 spiro atoms. The Morgan fingerprint density at radius 3 is 2.55 bits per heavy atom. The summed E-state index contributed by atoms with van der Waals surface area (Å²) in [6.45, 7) is 1.45. The first-order valence-corrected chi connectivity index (χ1v) is 11.2. The van der Waals surface area contributed by atoms with Gasteiger partial charge in [0.1, 0.15) is 0 Å². The lowest BCUT2D eigenvalue weighted by molar-refractivity contribution is 0.573. The van der Waals surface area contributed by atoms with Crippen molar-refractivity contribution in [3.63, 3.8) is 0 Å². The van der Waals surface area contributed by atoms with Crippen molar-refractivity contribution in [2.24, 2.45) is 0 Å².